The van der Waals surface area contributed by atoms with Crippen molar-refractivity contribution in [3.63, 3.8) is 0 Å². The molecule has 0 saturated carbocycles. The average Bonchev–Trinajstić information content (AvgIpc) is 3.88. The van der Waals surface area contributed by atoms with Gasteiger partial charge in [0.1, 0.15) is 0 Å². The van der Waals surface area contributed by atoms with Crippen molar-refractivity contribution in [1.82, 2.24) is 15.0 Å². The fourth-order valence-electron chi connectivity index (χ4n) is 11.6. The highest BCUT2D eigenvalue weighted by atomic mass is 15.3. The summed E-state index contributed by atoms with van der Waals surface area (Å²) in [7, 11) is 0. The molecule has 11 aromatic carbocycles. The molecule has 2 atom stereocenters. The Morgan fingerprint density at radius 3 is 1.45 bits per heavy atom. The molecule has 0 fully saturated rings. The first-order chi connectivity index (χ1) is 31.7. The van der Waals surface area contributed by atoms with Gasteiger partial charge in [0, 0.05) is 33.8 Å². The summed E-state index contributed by atoms with van der Waals surface area (Å²) in [5, 5.41) is 14.8. The van der Waals surface area contributed by atoms with Gasteiger partial charge in [-0.05, 0) is 130 Å². The number of nitrogens with zero attached hydrogens (tertiary/aromatic N) is 5. The van der Waals surface area contributed by atoms with Crippen molar-refractivity contribution in [3.05, 3.63) is 217 Å². The van der Waals surface area contributed by atoms with Gasteiger partial charge in [0.2, 0.25) is 5.95 Å². The molecule has 0 radical (unpaired) electrons. The molecule has 0 saturated heterocycles. The molecule has 0 amide bonds. The van der Waals surface area contributed by atoms with Gasteiger partial charge < -0.3 is 9.80 Å². The van der Waals surface area contributed by atoms with Crippen molar-refractivity contribution in [2.24, 2.45) is 0 Å². The highest BCUT2D eigenvalue weighted by Gasteiger charge is 2.49. The Bertz CT molecular complexity index is 3710. The van der Waals surface area contributed by atoms with Gasteiger partial charge in [0.15, 0.2) is 11.6 Å². The summed E-state index contributed by atoms with van der Waals surface area (Å²) in [5.74, 6) is 1.94. The fraction of sp³-hybridized carbons (Fsp3) is 0.0339. The monoisotopic (exact) mass is 813 g/mol. The SMILES string of the molecule is C1=C2c3ccccc3N(c3nc(-c4cc5ccc6cccc7ccc(c4)c5c67)nc(-c4cc5ccc6cccc7ccc(c4)c5c67)n3)C2C2C(=C1)N(c1ccccc1)c1ccccc12. The summed E-state index contributed by atoms with van der Waals surface area (Å²) in [6.07, 6.45) is 4.67. The number of hydrogen-bond acceptors (Lipinski definition) is 5. The molecule has 2 aliphatic heterocycles. The minimum Gasteiger partial charge on any atom is -0.313 e. The average molecular weight is 814 g/mol. The number of aromatic nitrogens is 3. The van der Waals surface area contributed by atoms with Crippen LogP contribution in [0.15, 0.2) is 206 Å². The normalized spacial score (nSPS) is 16.6. The van der Waals surface area contributed by atoms with Gasteiger partial charge in [0.25, 0.3) is 0 Å². The first-order valence-corrected chi connectivity index (χ1v) is 22.1. The van der Waals surface area contributed by atoms with E-state index in [0.717, 1.165) is 22.5 Å². The molecule has 15 rings (SSSR count). The van der Waals surface area contributed by atoms with Gasteiger partial charge in [-0.3, -0.25) is 0 Å². The number of benzene rings is 11. The summed E-state index contributed by atoms with van der Waals surface area (Å²) >= 11 is 0. The van der Waals surface area contributed by atoms with E-state index in [1.807, 2.05) is 0 Å². The summed E-state index contributed by atoms with van der Waals surface area (Å²) < 4.78 is 0. The second-order valence-electron chi connectivity index (χ2n) is 17.6. The maximum absolute atomic E-state index is 5.57. The molecule has 296 valence electrons. The van der Waals surface area contributed by atoms with Gasteiger partial charge in [0.05, 0.1) is 17.6 Å². The van der Waals surface area contributed by atoms with Gasteiger partial charge in [-0.15, -0.1) is 0 Å². The molecule has 1 aliphatic carbocycles. The highest BCUT2D eigenvalue weighted by molar-refractivity contribution is 6.25. The van der Waals surface area contributed by atoms with E-state index in [4.69, 9.17) is 15.0 Å². The Labute approximate surface area is 368 Å². The van der Waals surface area contributed by atoms with E-state index in [-0.39, 0.29) is 12.0 Å². The molecule has 0 bridgehead atoms. The van der Waals surface area contributed by atoms with E-state index >= 15 is 0 Å². The molecule has 64 heavy (non-hydrogen) atoms. The van der Waals surface area contributed by atoms with Crippen LogP contribution in [0.5, 0.6) is 0 Å². The maximum Gasteiger partial charge on any atom is 0.234 e. The number of hydrogen-bond donors (Lipinski definition) is 0. The lowest BCUT2D eigenvalue weighted by molar-refractivity contribution is 0.690. The minimum atomic E-state index is -0.105. The summed E-state index contributed by atoms with van der Waals surface area (Å²) in [6.45, 7) is 0. The van der Waals surface area contributed by atoms with Crippen molar-refractivity contribution in [1.29, 1.82) is 0 Å². The van der Waals surface area contributed by atoms with Crippen LogP contribution in [-0.2, 0) is 0 Å². The topological polar surface area (TPSA) is 45.2 Å². The molecule has 0 spiro atoms. The lowest BCUT2D eigenvalue weighted by Crippen LogP contribution is -2.36. The van der Waals surface area contributed by atoms with E-state index in [9.17, 15) is 0 Å². The third-order valence-corrected chi connectivity index (χ3v) is 14.2. The number of para-hydroxylation sites is 3. The van der Waals surface area contributed by atoms with Crippen LogP contribution < -0.4 is 9.80 Å². The molecule has 0 N–H and O–H groups in total. The van der Waals surface area contributed by atoms with Gasteiger partial charge in [-0.1, -0.05) is 146 Å². The molecule has 2 unspecified atom stereocenters. The first-order valence-electron chi connectivity index (χ1n) is 22.1. The maximum atomic E-state index is 5.57. The molecule has 12 aromatic rings. The molecule has 3 aliphatic rings. The van der Waals surface area contributed by atoms with Crippen LogP contribution in [0, 0.1) is 0 Å². The third kappa shape index (κ3) is 4.65. The van der Waals surface area contributed by atoms with E-state index in [1.165, 1.54) is 92.7 Å². The fourth-order valence-corrected chi connectivity index (χ4v) is 11.6. The standard InChI is InChI=1S/C59H35N5/c1-2-14-44(15-3-1)63-49-19-7-5-17-47(49)55-50(63)29-28-46-45-16-4-6-18-48(45)64(56(46)55)59-61-57(42-30-38-24-20-34-10-8-11-35-21-25-39(31-42)53(38)51(34)35)60-58(62-59)43-32-40-26-22-36-12-9-13-37-23-27-41(33-43)54(40)52(36)37/h1-33,55-56H. The third-order valence-electron chi connectivity index (χ3n) is 14.2. The zero-order chi connectivity index (χ0) is 41.6. The summed E-state index contributed by atoms with van der Waals surface area (Å²) in [5.41, 5.74) is 10.4. The largest absolute Gasteiger partial charge is 0.313 e. The Morgan fingerprint density at radius 2 is 0.875 bits per heavy atom. The Kier molecular flexibility index (Phi) is 6.73. The van der Waals surface area contributed by atoms with E-state index in [1.54, 1.807) is 0 Å². The predicted molar refractivity (Wildman–Crippen MR) is 264 cm³/mol. The first kappa shape index (κ1) is 34.2. The highest BCUT2D eigenvalue weighted by Crippen LogP contribution is 2.59. The van der Waals surface area contributed by atoms with E-state index in [2.05, 4.69) is 210 Å². The predicted octanol–water partition coefficient (Wildman–Crippen LogP) is 14.7. The van der Waals surface area contributed by atoms with Crippen LogP contribution in [0.1, 0.15) is 17.0 Å². The lowest BCUT2D eigenvalue weighted by Gasteiger charge is -2.35. The van der Waals surface area contributed by atoms with Crippen molar-refractivity contribution in [2.45, 2.75) is 12.0 Å². The van der Waals surface area contributed by atoms with Crippen molar-refractivity contribution < 1.29 is 0 Å². The van der Waals surface area contributed by atoms with Crippen LogP contribution >= 0.6 is 0 Å². The number of anilines is 4. The zero-order valence-electron chi connectivity index (χ0n) is 34.4. The second-order valence-corrected chi connectivity index (χ2v) is 17.6. The number of rotatable bonds is 4. The van der Waals surface area contributed by atoms with Crippen molar-refractivity contribution >= 4 is 93.2 Å². The second kappa shape index (κ2) is 12.6. The molecular weight excluding hydrogens is 779 g/mol. The molecular formula is C59H35N5. The van der Waals surface area contributed by atoms with E-state index < -0.39 is 0 Å². The lowest BCUT2D eigenvalue weighted by atomic mass is 9.82. The van der Waals surface area contributed by atoms with Crippen LogP contribution in [0.4, 0.5) is 23.0 Å². The van der Waals surface area contributed by atoms with Crippen LogP contribution in [-0.4, -0.2) is 21.0 Å². The van der Waals surface area contributed by atoms with Crippen LogP contribution in [0.3, 0.4) is 0 Å². The summed E-state index contributed by atoms with van der Waals surface area (Å²) in [6, 6.07) is 68.4. The van der Waals surface area contributed by atoms with E-state index in [0.29, 0.717) is 17.6 Å². The van der Waals surface area contributed by atoms with Crippen LogP contribution in [0.2, 0.25) is 0 Å². The van der Waals surface area contributed by atoms with Crippen molar-refractivity contribution in [3.8, 4) is 22.8 Å². The number of allylic oxidation sites excluding steroid dienone is 2. The molecule has 1 aromatic heterocycles. The van der Waals surface area contributed by atoms with Gasteiger partial charge in [-0.2, -0.15) is 9.97 Å². The van der Waals surface area contributed by atoms with Gasteiger partial charge >= 0.3 is 0 Å². The van der Waals surface area contributed by atoms with Gasteiger partial charge in [-0.25, -0.2) is 4.98 Å². The number of fused-ring (bicyclic) bond motifs is 7. The Morgan fingerprint density at radius 1 is 0.391 bits per heavy atom. The summed E-state index contributed by atoms with van der Waals surface area (Å²) in [4.78, 5) is 21.4. The Balaban J connectivity index is 0.981. The minimum absolute atomic E-state index is 0.0166. The van der Waals surface area contributed by atoms with Crippen molar-refractivity contribution in [2.75, 3.05) is 9.80 Å². The molecule has 3 heterocycles. The quantitative estimate of drug-likeness (QED) is 0.166. The van der Waals surface area contributed by atoms with Crippen LogP contribution in [0.25, 0.3) is 93.0 Å². The zero-order valence-corrected chi connectivity index (χ0v) is 34.4. The molecule has 5 nitrogen and oxygen atoms in total. The smallest absolute Gasteiger partial charge is 0.234 e. The Hall–Kier alpha value is -8.41. The molecule has 5 heteroatoms.